The van der Waals surface area contributed by atoms with Crippen LogP contribution in [0.5, 0.6) is 5.75 Å². The van der Waals surface area contributed by atoms with E-state index in [0.29, 0.717) is 0 Å². The summed E-state index contributed by atoms with van der Waals surface area (Å²) < 4.78 is 5.42. The molecule has 1 aliphatic heterocycles. The summed E-state index contributed by atoms with van der Waals surface area (Å²) in [6.45, 7) is 4.60. The first-order chi connectivity index (χ1) is 11.7. The zero-order valence-electron chi connectivity index (χ0n) is 13.7. The summed E-state index contributed by atoms with van der Waals surface area (Å²) in [5.41, 5.74) is 2.37. The van der Waals surface area contributed by atoms with Crippen LogP contribution in [0.2, 0.25) is 0 Å². The van der Waals surface area contributed by atoms with Gasteiger partial charge in [0.1, 0.15) is 5.75 Å². The highest BCUT2D eigenvalue weighted by Crippen LogP contribution is 2.23. The van der Waals surface area contributed by atoms with Crippen molar-refractivity contribution in [2.75, 3.05) is 38.2 Å². The molecule has 24 heavy (non-hydrogen) atoms. The van der Waals surface area contributed by atoms with Gasteiger partial charge in [-0.2, -0.15) is 0 Å². The number of nitro groups is 1. The van der Waals surface area contributed by atoms with E-state index in [9.17, 15) is 10.1 Å². The molecule has 0 radical (unpaired) electrons. The van der Waals surface area contributed by atoms with Crippen LogP contribution >= 0.6 is 0 Å². The summed E-state index contributed by atoms with van der Waals surface area (Å²) in [4.78, 5) is 15.0. The molecule has 0 spiro atoms. The number of para-hydroxylation sites is 1. The number of non-ortho nitro benzene ring substituents is 1. The molecule has 0 unspecified atom stereocenters. The van der Waals surface area contributed by atoms with Crippen molar-refractivity contribution in [2.24, 2.45) is 0 Å². The molecular formula is C18H21N3O3. The van der Waals surface area contributed by atoms with Gasteiger partial charge in [-0.25, -0.2) is 0 Å². The van der Waals surface area contributed by atoms with E-state index in [1.807, 2.05) is 30.3 Å². The maximum Gasteiger partial charge on any atom is 0.269 e. The molecule has 126 valence electrons. The Hall–Kier alpha value is -2.60. The average Bonchev–Trinajstić information content (AvgIpc) is 2.63. The minimum Gasteiger partial charge on any atom is -0.496 e. The molecule has 1 saturated heterocycles. The van der Waals surface area contributed by atoms with E-state index in [1.165, 1.54) is 5.56 Å². The molecule has 1 fully saturated rings. The standard InChI is InChI=1S/C18H21N3O3/c1-24-18-5-3-2-4-15(18)14-19-10-12-20(13-11-19)16-6-8-17(9-7-16)21(22)23/h2-9H,10-14H2,1H3. The van der Waals surface area contributed by atoms with Crippen molar-refractivity contribution in [3.05, 3.63) is 64.2 Å². The van der Waals surface area contributed by atoms with Crippen LogP contribution in [0.15, 0.2) is 48.5 Å². The third-order valence-corrected chi connectivity index (χ3v) is 4.38. The van der Waals surface area contributed by atoms with Crippen molar-refractivity contribution in [1.82, 2.24) is 4.90 Å². The molecule has 2 aromatic carbocycles. The molecule has 3 rings (SSSR count). The van der Waals surface area contributed by atoms with Crippen LogP contribution in [0.25, 0.3) is 0 Å². The fourth-order valence-electron chi connectivity index (χ4n) is 3.02. The van der Waals surface area contributed by atoms with Gasteiger partial charge in [0.2, 0.25) is 0 Å². The highest BCUT2D eigenvalue weighted by molar-refractivity contribution is 5.51. The highest BCUT2D eigenvalue weighted by Gasteiger charge is 2.19. The van der Waals surface area contributed by atoms with E-state index in [4.69, 9.17) is 4.74 Å². The molecular weight excluding hydrogens is 306 g/mol. The molecule has 0 aromatic heterocycles. The van der Waals surface area contributed by atoms with Crippen molar-refractivity contribution in [3.8, 4) is 5.75 Å². The SMILES string of the molecule is COc1ccccc1CN1CCN(c2ccc([N+](=O)[O-])cc2)CC1. The van der Waals surface area contributed by atoms with Gasteiger partial charge in [-0.1, -0.05) is 18.2 Å². The van der Waals surface area contributed by atoms with E-state index < -0.39 is 0 Å². The number of hydrogen-bond acceptors (Lipinski definition) is 5. The third-order valence-electron chi connectivity index (χ3n) is 4.38. The number of benzene rings is 2. The lowest BCUT2D eigenvalue weighted by molar-refractivity contribution is -0.384. The number of hydrogen-bond donors (Lipinski definition) is 0. The van der Waals surface area contributed by atoms with Crippen LogP contribution < -0.4 is 9.64 Å². The normalized spacial score (nSPS) is 15.3. The minimum atomic E-state index is -0.366. The first-order valence-corrected chi connectivity index (χ1v) is 8.01. The van der Waals surface area contributed by atoms with Gasteiger partial charge in [0.05, 0.1) is 12.0 Å². The lowest BCUT2D eigenvalue weighted by Gasteiger charge is -2.36. The molecule has 6 heteroatoms. The van der Waals surface area contributed by atoms with Crippen LogP contribution in [-0.4, -0.2) is 43.1 Å². The second-order valence-electron chi connectivity index (χ2n) is 5.85. The number of rotatable bonds is 5. The summed E-state index contributed by atoms with van der Waals surface area (Å²) in [5.74, 6) is 0.926. The Bertz CT molecular complexity index is 695. The summed E-state index contributed by atoms with van der Waals surface area (Å²) in [5, 5.41) is 10.7. The van der Waals surface area contributed by atoms with Gasteiger partial charge in [0.25, 0.3) is 5.69 Å². The molecule has 0 aliphatic carbocycles. The summed E-state index contributed by atoms with van der Waals surface area (Å²) in [6.07, 6.45) is 0. The number of nitrogens with zero attached hydrogens (tertiary/aromatic N) is 3. The molecule has 0 bridgehead atoms. The fraction of sp³-hybridized carbons (Fsp3) is 0.333. The van der Waals surface area contributed by atoms with Crippen molar-refractivity contribution in [2.45, 2.75) is 6.54 Å². The van der Waals surface area contributed by atoms with Crippen LogP contribution in [0.4, 0.5) is 11.4 Å². The molecule has 0 saturated carbocycles. The second-order valence-corrected chi connectivity index (χ2v) is 5.85. The number of nitro benzene ring substituents is 1. The van der Waals surface area contributed by atoms with E-state index in [2.05, 4.69) is 15.9 Å². The Balaban J connectivity index is 1.58. The van der Waals surface area contributed by atoms with Gasteiger partial charge >= 0.3 is 0 Å². The van der Waals surface area contributed by atoms with Crippen LogP contribution in [0.3, 0.4) is 0 Å². The van der Waals surface area contributed by atoms with Crippen LogP contribution in [-0.2, 0) is 6.54 Å². The largest absolute Gasteiger partial charge is 0.496 e. The van der Waals surface area contributed by atoms with Gasteiger partial charge < -0.3 is 9.64 Å². The molecule has 1 heterocycles. The first kappa shape index (κ1) is 16.3. The number of piperazine rings is 1. The van der Waals surface area contributed by atoms with Crippen molar-refractivity contribution in [1.29, 1.82) is 0 Å². The Morgan fingerprint density at radius 3 is 2.33 bits per heavy atom. The Labute approximate surface area is 141 Å². The van der Waals surface area contributed by atoms with Gasteiger partial charge in [-0.15, -0.1) is 0 Å². The lowest BCUT2D eigenvalue weighted by Crippen LogP contribution is -2.46. The van der Waals surface area contributed by atoms with Crippen LogP contribution in [0, 0.1) is 10.1 Å². The van der Waals surface area contributed by atoms with Gasteiger partial charge in [-0.3, -0.25) is 15.0 Å². The molecule has 0 atom stereocenters. The van der Waals surface area contributed by atoms with Crippen molar-refractivity contribution in [3.63, 3.8) is 0 Å². The molecule has 2 aromatic rings. The van der Waals surface area contributed by atoms with E-state index in [-0.39, 0.29) is 10.6 Å². The highest BCUT2D eigenvalue weighted by atomic mass is 16.6. The Morgan fingerprint density at radius 2 is 1.71 bits per heavy atom. The van der Waals surface area contributed by atoms with Gasteiger partial charge in [0, 0.05) is 56.1 Å². The van der Waals surface area contributed by atoms with E-state index in [1.54, 1.807) is 19.2 Å². The third kappa shape index (κ3) is 3.65. The number of anilines is 1. The summed E-state index contributed by atoms with van der Waals surface area (Å²) in [6, 6.07) is 14.9. The van der Waals surface area contributed by atoms with Crippen LogP contribution in [0.1, 0.15) is 5.56 Å². The molecule has 0 amide bonds. The maximum absolute atomic E-state index is 10.7. The quantitative estimate of drug-likeness (QED) is 0.624. The summed E-state index contributed by atoms with van der Waals surface area (Å²) >= 11 is 0. The minimum absolute atomic E-state index is 0.133. The monoisotopic (exact) mass is 327 g/mol. The fourth-order valence-corrected chi connectivity index (χ4v) is 3.02. The molecule has 1 aliphatic rings. The van der Waals surface area contributed by atoms with E-state index >= 15 is 0 Å². The van der Waals surface area contributed by atoms with Gasteiger partial charge in [0.15, 0.2) is 0 Å². The Morgan fingerprint density at radius 1 is 1.04 bits per heavy atom. The van der Waals surface area contributed by atoms with Crippen molar-refractivity contribution < 1.29 is 9.66 Å². The molecule has 0 N–H and O–H groups in total. The predicted molar refractivity (Wildman–Crippen MR) is 93.6 cm³/mol. The lowest BCUT2D eigenvalue weighted by atomic mass is 10.1. The average molecular weight is 327 g/mol. The predicted octanol–water partition coefficient (Wildman–Crippen LogP) is 2.93. The maximum atomic E-state index is 10.7. The van der Waals surface area contributed by atoms with Crippen molar-refractivity contribution >= 4 is 11.4 Å². The summed E-state index contributed by atoms with van der Waals surface area (Å²) in [7, 11) is 1.70. The first-order valence-electron chi connectivity index (χ1n) is 8.01. The Kier molecular flexibility index (Phi) is 4.96. The number of ether oxygens (including phenoxy) is 1. The second kappa shape index (κ2) is 7.31. The smallest absolute Gasteiger partial charge is 0.269 e. The topological polar surface area (TPSA) is 58.8 Å². The van der Waals surface area contributed by atoms with Gasteiger partial charge in [-0.05, 0) is 18.2 Å². The molecule has 6 nitrogen and oxygen atoms in total. The zero-order valence-corrected chi connectivity index (χ0v) is 13.7. The number of methoxy groups -OCH3 is 1. The zero-order chi connectivity index (χ0) is 16.9. The van der Waals surface area contributed by atoms with E-state index in [0.717, 1.165) is 44.2 Å².